The Labute approximate surface area is 85.6 Å². The summed E-state index contributed by atoms with van der Waals surface area (Å²) < 4.78 is 23.9. The summed E-state index contributed by atoms with van der Waals surface area (Å²) in [5, 5.41) is 0. The molecule has 0 atom stereocenters. The number of hydrogen-bond acceptors (Lipinski definition) is 2. The Hall–Kier alpha value is -0.0900. The zero-order valence-electron chi connectivity index (χ0n) is 8.70. The number of rotatable bonds is 0. The van der Waals surface area contributed by atoms with Crippen LogP contribution in [0.15, 0.2) is 0 Å². The molecule has 0 aromatic heterocycles. The summed E-state index contributed by atoms with van der Waals surface area (Å²) in [5.74, 6) is 1.76. The highest BCUT2D eigenvalue weighted by molar-refractivity contribution is 7.91. The maximum Gasteiger partial charge on any atom is 0.161 e. The summed E-state index contributed by atoms with van der Waals surface area (Å²) in [4.78, 5) is 0. The van der Waals surface area contributed by atoms with Crippen LogP contribution in [0.4, 0.5) is 0 Å². The molecular formula is C10H18NO2S+. The zero-order valence-corrected chi connectivity index (χ0v) is 9.52. The normalized spacial score (nSPS) is 47.6. The van der Waals surface area contributed by atoms with Gasteiger partial charge in [0.05, 0.1) is 36.7 Å². The van der Waals surface area contributed by atoms with Gasteiger partial charge in [0.1, 0.15) is 0 Å². The Balaban J connectivity index is 1.88. The van der Waals surface area contributed by atoms with Gasteiger partial charge in [0.25, 0.3) is 0 Å². The number of quaternary nitrogens is 1. The summed E-state index contributed by atoms with van der Waals surface area (Å²) in [6.07, 6.45) is 2.68. The van der Waals surface area contributed by atoms with E-state index in [1.807, 2.05) is 0 Å². The second kappa shape index (κ2) is 2.35. The van der Waals surface area contributed by atoms with Crippen LogP contribution in [0, 0.1) is 5.92 Å². The molecule has 0 radical (unpaired) electrons. The molecule has 4 rings (SSSR count). The van der Waals surface area contributed by atoms with Crippen LogP contribution in [-0.2, 0) is 9.84 Å². The molecule has 2 bridgehead atoms. The summed E-state index contributed by atoms with van der Waals surface area (Å²) in [7, 11) is -2.69. The number of sulfone groups is 1. The van der Waals surface area contributed by atoms with Crippen LogP contribution in [0.3, 0.4) is 0 Å². The van der Waals surface area contributed by atoms with E-state index in [-0.39, 0.29) is 0 Å². The summed E-state index contributed by atoms with van der Waals surface area (Å²) in [6, 6.07) is 0. The minimum absolute atomic E-state index is 0.426. The van der Waals surface area contributed by atoms with E-state index in [0.29, 0.717) is 17.0 Å². The van der Waals surface area contributed by atoms with Crippen molar-refractivity contribution in [2.45, 2.75) is 25.3 Å². The Morgan fingerprint density at radius 1 is 1.21 bits per heavy atom. The van der Waals surface area contributed by atoms with Gasteiger partial charge in [-0.1, -0.05) is 0 Å². The predicted octanol–water partition coefficient (Wildman–Crippen LogP) is 0.414. The molecule has 3 saturated heterocycles. The van der Waals surface area contributed by atoms with Gasteiger partial charge in [0, 0.05) is 18.8 Å². The fraction of sp³-hybridized carbons (Fsp3) is 1.00. The molecule has 0 N–H and O–H groups in total. The lowest BCUT2D eigenvalue weighted by Gasteiger charge is -2.48. The largest absolute Gasteiger partial charge is 0.317 e. The first-order chi connectivity index (χ1) is 6.45. The average molecular weight is 216 g/mol. The van der Waals surface area contributed by atoms with E-state index in [0.717, 1.165) is 23.5 Å². The molecule has 4 heteroatoms. The lowest BCUT2D eigenvalue weighted by Crippen LogP contribution is -2.63. The van der Waals surface area contributed by atoms with Crippen molar-refractivity contribution < 1.29 is 12.9 Å². The van der Waals surface area contributed by atoms with E-state index in [1.165, 1.54) is 19.4 Å². The number of nitrogens with zero attached hydrogens (tertiary/aromatic N) is 1. The van der Waals surface area contributed by atoms with Crippen molar-refractivity contribution in [3.63, 3.8) is 0 Å². The van der Waals surface area contributed by atoms with Crippen molar-refractivity contribution in [3.05, 3.63) is 0 Å². The van der Waals surface area contributed by atoms with E-state index in [9.17, 15) is 8.42 Å². The van der Waals surface area contributed by atoms with Crippen LogP contribution >= 0.6 is 0 Å². The summed E-state index contributed by atoms with van der Waals surface area (Å²) >= 11 is 0. The van der Waals surface area contributed by atoms with Gasteiger partial charge in [-0.2, -0.15) is 0 Å². The van der Waals surface area contributed by atoms with Crippen LogP contribution in [0.2, 0.25) is 0 Å². The van der Waals surface area contributed by atoms with Crippen molar-refractivity contribution in [1.82, 2.24) is 0 Å². The molecule has 80 valence electrons. The molecule has 0 aromatic rings. The smallest absolute Gasteiger partial charge is 0.161 e. The maximum atomic E-state index is 11.4. The molecular weight excluding hydrogens is 198 g/mol. The average Bonchev–Trinajstić information content (AvgIpc) is 2.45. The van der Waals surface area contributed by atoms with Gasteiger partial charge < -0.3 is 4.48 Å². The summed E-state index contributed by atoms with van der Waals surface area (Å²) in [6.45, 7) is 5.38. The SMILES string of the molecule is CC12CC(C1)C[N+]21CCS(=O)(=O)CC1. The van der Waals surface area contributed by atoms with Crippen LogP contribution in [0.5, 0.6) is 0 Å². The third kappa shape index (κ3) is 0.986. The Morgan fingerprint density at radius 3 is 2.21 bits per heavy atom. The van der Waals surface area contributed by atoms with Gasteiger partial charge in [-0.3, -0.25) is 0 Å². The van der Waals surface area contributed by atoms with Crippen molar-refractivity contribution in [3.8, 4) is 0 Å². The molecule has 3 aliphatic heterocycles. The van der Waals surface area contributed by atoms with E-state index in [4.69, 9.17) is 0 Å². The summed E-state index contributed by atoms with van der Waals surface area (Å²) in [5.41, 5.74) is 0.445. The first-order valence-corrected chi connectivity index (χ1v) is 7.34. The second-order valence-corrected chi connectivity index (χ2v) is 8.00. The lowest BCUT2D eigenvalue weighted by molar-refractivity contribution is -0.951. The molecule has 4 fully saturated rings. The standard InChI is InChI=1S/C10H18NO2S/c1-10-6-9(7-10)8-11(10)2-4-14(12,13)5-3-11/h9H,2-8H2,1H3/q+1. The van der Waals surface area contributed by atoms with E-state index < -0.39 is 9.84 Å². The number of hydrogen-bond donors (Lipinski definition) is 0. The molecule has 1 aliphatic carbocycles. The van der Waals surface area contributed by atoms with E-state index >= 15 is 0 Å². The van der Waals surface area contributed by atoms with Crippen molar-refractivity contribution in [2.24, 2.45) is 5.92 Å². The van der Waals surface area contributed by atoms with Gasteiger partial charge in [-0.15, -0.1) is 0 Å². The minimum Gasteiger partial charge on any atom is -0.317 e. The van der Waals surface area contributed by atoms with Gasteiger partial charge in [0.15, 0.2) is 9.84 Å². The van der Waals surface area contributed by atoms with Gasteiger partial charge >= 0.3 is 0 Å². The molecule has 3 heterocycles. The lowest BCUT2D eigenvalue weighted by atomic mass is 9.74. The fourth-order valence-corrected chi connectivity index (χ4v) is 5.44. The molecule has 3 nitrogen and oxygen atoms in total. The molecule has 0 amide bonds. The highest BCUT2D eigenvalue weighted by atomic mass is 32.2. The molecule has 0 aromatic carbocycles. The maximum absolute atomic E-state index is 11.4. The highest BCUT2D eigenvalue weighted by Gasteiger charge is 2.65. The van der Waals surface area contributed by atoms with Crippen LogP contribution in [-0.4, -0.2) is 49.6 Å². The van der Waals surface area contributed by atoms with Crippen molar-refractivity contribution >= 4 is 9.84 Å². The van der Waals surface area contributed by atoms with Gasteiger partial charge in [0.2, 0.25) is 0 Å². The van der Waals surface area contributed by atoms with Gasteiger partial charge in [-0.25, -0.2) is 8.42 Å². The van der Waals surface area contributed by atoms with E-state index in [1.54, 1.807) is 0 Å². The van der Waals surface area contributed by atoms with Gasteiger partial charge in [-0.05, 0) is 6.92 Å². The Kier molecular flexibility index (Phi) is 1.54. The quantitative estimate of drug-likeness (QED) is 0.550. The van der Waals surface area contributed by atoms with Crippen LogP contribution < -0.4 is 0 Å². The molecule has 0 unspecified atom stereocenters. The molecule has 4 aliphatic rings. The van der Waals surface area contributed by atoms with Crippen molar-refractivity contribution in [2.75, 3.05) is 31.1 Å². The Bertz CT molecular complexity index is 354. The van der Waals surface area contributed by atoms with Crippen LogP contribution in [0.1, 0.15) is 19.8 Å². The highest BCUT2D eigenvalue weighted by Crippen LogP contribution is 2.55. The molecule has 14 heavy (non-hydrogen) atoms. The second-order valence-electron chi connectivity index (χ2n) is 5.70. The topological polar surface area (TPSA) is 34.1 Å². The minimum atomic E-state index is -2.69. The molecule has 1 saturated carbocycles. The first kappa shape index (κ1) is 9.16. The van der Waals surface area contributed by atoms with Crippen molar-refractivity contribution in [1.29, 1.82) is 0 Å². The Morgan fingerprint density at radius 2 is 1.79 bits per heavy atom. The molecule has 1 spiro atoms. The van der Waals surface area contributed by atoms with E-state index in [2.05, 4.69) is 6.92 Å². The van der Waals surface area contributed by atoms with Crippen LogP contribution in [0.25, 0.3) is 0 Å². The predicted molar refractivity (Wildman–Crippen MR) is 54.6 cm³/mol. The third-order valence-corrected chi connectivity index (χ3v) is 6.48. The fourth-order valence-electron chi connectivity index (χ4n) is 3.98. The zero-order chi connectivity index (χ0) is 10.0. The third-order valence-electron chi connectivity index (χ3n) is 4.87. The monoisotopic (exact) mass is 216 g/mol. The first-order valence-electron chi connectivity index (χ1n) is 5.51.